The molecule has 22 heavy (non-hydrogen) atoms. The fourth-order valence-corrected chi connectivity index (χ4v) is 1.86. The zero-order chi connectivity index (χ0) is 16.3. The summed E-state index contributed by atoms with van der Waals surface area (Å²) in [5.74, 6) is 0.531. The van der Waals surface area contributed by atoms with Gasteiger partial charge in [0.1, 0.15) is 6.54 Å². The number of rotatable bonds is 6. The van der Waals surface area contributed by atoms with Gasteiger partial charge in [-0.05, 0) is 19.9 Å². The van der Waals surface area contributed by atoms with Crippen LogP contribution in [0.3, 0.4) is 0 Å². The first-order valence-electron chi connectivity index (χ1n) is 7.07. The van der Waals surface area contributed by atoms with Gasteiger partial charge in [-0.1, -0.05) is 19.0 Å². The summed E-state index contributed by atoms with van der Waals surface area (Å²) in [7, 11) is 0. The number of hydrogen-bond donors (Lipinski definition) is 1. The maximum atomic E-state index is 11.1. The molecule has 2 rings (SSSR count). The minimum absolute atomic E-state index is 0.0330. The lowest BCUT2D eigenvalue weighted by atomic mass is 10.2. The molecule has 0 aliphatic rings. The van der Waals surface area contributed by atoms with Crippen LogP contribution in [0.1, 0.15) is 54.6 Å². The van der Waals surface area contributed by atoms with E-state index in [0.717, 1.165) is 0 Å². The number of hydrogen-bond acceptors (Lipinski definition) is 7. The molecule has 0 aliphatic heterocycles. The SMILES string of the molecule is CCN(Cc1nc(C(C)C)no1)c1nc(C)cc(C(=O)O)n1. The maximum absolute atomic E-state index is 11.1. The highest BCUT2D eigenvalue weighted by Crippen LogP contribution is 2.15. The van der Waals surface area contributed by atoms with Crippen molar-refractivity contribution in [2.24, 2.45) is 0 Å². The van der Waals surface area contributed by atoms with Gasteiger partial charge in [0.05, 0.1) is 0 Å². The molecule has 1 N–H and O–H groups in total. The van der Waals surface area contributed by atoms with Crippen molar-refractivity contribution in [1.29, 1.82) is 0 Å². The molecule has 0 atom stereocenters. The van der Waals surface area contributed by atoms with Crippen LogP contribution in [0.5, 0.6) is 0 Å². The number of nitrogens with zero attached hydrogens (tertiary/aromatic N) is 5. The molecule has 0 saturated carbocycles. The van der Waals surface area contributed by atoms with E-state index in [0.29, 0.717) is 36.4 Å². The Balaban J connectivity index is 2.25. The normalized spacial score (nSPS) is 11.0. The lowest BCUT2D eigenvalue weighted by molar-refractivity contribution is 0.0690. The van der Waals surface area contributed by atoms with Gasteiger partial charge in [-0.15, -0.1) is 0 Å². The maximum Gasteiger partial charge on any atom is 0.354 e. The molecule has 2 aromatic rings. The minimum Gasteiger partial charge on any atom is -0.477 e. The monoisotopic (exact) mass is 305 g/mol. The molecule has 2 heterocycles. The average molecular weight is 305 g/mol. The second-order valence-corrected chi connectivity index (χ2v) is 5.21. The zero-order valence-electron chi connectivity index (χ0n) is 13.1. The van der Waals surface area contributed by atoms with E-state index >= 15 is 0 Å². The summed E-state index contributed by atoms with van der Waals surface area (Å²) in [4.78, 5) is 25.6. The van der Waals surface area contributed by atoms with Gasteiger partial charge < -0.3 is 14.5 Å². The van der Waals surface area contributed by atoms with Crippen LogP contribution >= 0.6 is 0 Å². The summed E-state index contributed by atoms with van der Waals surface area (Å²) >= 11 is 0. The minimum atomic E-state index is -1.08. The molecule has 0 radical (unpaired) electrons. The summed E-state index contributed by atoms with van der Waals surface area (Å²) in [6, 6.07) is 1.43. The van der Waals surface area contributed by atoms with Crippen molar-refractivity contribution in [2.45, 2.75) is 40.2 Å². The number of carboxylic acids is 1. The van der Waals surface area contributed by atoms with Crippen molar-refractivity contribution in [3.05, 3.63) is 29.2 Å². The Morgan fingerprint density at radius 3 is 2.64 bits per heavy atom. The molecular formula is C14H19N5O3. The highest BCUT2D eigenvalue weighted by Gasteiger charge is 2.17. The van der Waals surface area contributed by atoms with Crippen LogP contribution in [0.2, 0.25) is 0 Å². The second kappa shape index (κ2) is 6.50. The molecule has 0 spiro atoms. The van der Waals surface area contributed by atoms with Crippen LogP contribution in [-0.2, 0) is 6.54 Å². The summed E-state index contributed by atoms with van der Waals surface area (Å²) in [5, 5.41) is 13.0. The van der Waals surface area contributed by atoms with Gasteiger partial charge in [0.2, 0.25) is 11.8 Å². The van der Waals surface area contributed by atoms with Gasteiger partial charge in [0.25, 0.3) is 0 Å². The second-order valence-electron chi connectivity index (χ2n) is 5.21. The molecule has 2 aromatic heterocycles. The molecule has 0 unspecified atom stereocenters. The van der Waals surface area contributed by atoms with Crippen molar-refractivity contribution in [3.63, 3.8) is 0 Å². The van der Waals surface area contributed by atoms with Gasteiger partial charge in [-0.25, -0.2) is 14.8 Å². The van der Waals surface area contributed by atoms with E-state index in [9.17, 15) is 4.79 Å². The van der Waals surface area contributed by atoms with Crippen LogP contribution in [0.25, 0.3) is 0 Å². The van der Waals surface area contributed by atoms with E-state index in [1.807, 2.05) is 20.8 Å². The summed E-state index contributed by atoms with van der Waals surface area (Å²) in [6.45, 7) is 8.53. The third-order valence-corrected chi connectivity index (χ3v) is 3.05. The van der Waals surface area contributed by atoms with E-state index in [1.165, 1.54) is 6.07 Å². The molecule has 0 aliphatic carbocycles. The van der Waals surface area contributed by atoms with E-state index in [-0.39, 0.29) is 11.6 Å². The van der Waals surface area contributed by atoms with E-state index in [2.05, 4.69) is 20.1 Å². The van der Waals surface area contributed by atoms with E-state index in [4.69, 9.17) is 9.63 Å². The number of aryl methyl sites for hydroxylation is 1. The van der Waals surface area contributed by atoms with Gasteiger partial charge in [-0.2, -0.15) is 4.98 Å². The largest absolute Gasteiger partial charge is 0.477 e. The molecule has 0 aromatic carbocycles. The predicted molar refractivity (Wildman–Crippen MR) is 78.8 cm³/mol. The summed E-state index contributed by atoms with van der Waals surface area (Å²) in [5.41, 5.74) is 0.559. The van der Waals surface area contributed by atoms with Crippen molar-refractivity contribution < 1.29 is 14.4 Å². The Morgan fingerprint density at radius 1 is 1.36 bits per heavy atom. The Labute approximate surface area is 128 Å². The predicted octanol–water partition coefficient (Wildman–Crippen LogP) is 2.02. The highest BCUT2D eigenvalue weighted by atomic mass is 16.5. The summed E-state index contributed by atoms with van der Waals surface area (Å²) < 4.78 is 5.21. The average Bonchev–Trinajstić information content (AvgIpc) is 2.92. The zero-order valence-corrected chi connectivity index (χ0v) is 13.1. The number of aromatic nitrogens is 4. The third-order valence-electron chi connectivity index (χ3n) is 3.05. The van der Waals surface area contributed by atoms with Crippen LogP contribution in [-0.4, -0.2) is 37.7 Å². The van der Waals surface area contributed by atoms with Crippen LogP contribution in [0.15, 0.2) is 10.6 Å². The summed E-state index contributed by atoms with van der Waals surface area (Å²) in [6.07, 6.45) is 0. The fourth-order valence-electron chi connectivity index (χ4n) is 1.86. The Kier molecular flexibility index (Phi) is 4.69. The quantitative estimate of drug-likeness (QED) is 0.864. The molecule has 0 amide bonds. The smallest absolute Gasteiger partial charge is 0.354 e. The lowest BCUT2D eigenvalue weighted by Gasteiger charge is -2.19. The van der Waals surface area contributed by atoms with E-state index in [1.54, 1.807) is 11.8 Å². The molecule has 0 saturated heterocycles. The molecule has 0 bridgehead atoms. The van der Waals surface area contributed by atoms with Crippen LogP contribution in [0, 0.1) is 6.92 Å². The van der Waals surface area contributed by atoms with Gasteiger partial charge in [0, 0.05) is 18.2 Å². The molecule has 0 fully saturated rings. The van der Waals surface area contributed by atoms with Gasteiger partial charge >= 0.3 is 5.97 Å². The Morgan fingerprint density at radius 2 is 2.09 bits per heavy atom. The van der Waals surface area contributed by atoms with Crippen LogP contribution < -0.4 is 4.90 Å². The molecule has 8 nitrogen and oxygen atoms in total. The third kappa shape index (κ3) is 3.57. The van der Waals surface area contributed by atoms with Gasteiger partial charge in [0.15, 0.2) is 11.5 Å². The van der Waals surface area contributed by atoms with Crippen molar-refractivity contribution in [2.75, 3.05) is 11.4 Å². The first-order chi connectivity index (χ1) is 10.4. The molecular weight excluding hydrogens is 286 g/mol. The van der Waals surface area contributed by atoms with Crippen molar-refractivity contribution in [1.82, 2.24) is 20.1 Å². The van der Waals surface area contributed by atoms with E-state index < -0.39 is 5.97 Å². The molecule has 118 valence electrons. The Bertz CT molecular complexity index is 668. The molecule has 8 heteroatoms. The van der Waals surface area contributed by atoms with Gasteiger partial charge in [-0.3, -0.25) is 0 Å². The van der Waals surface area contributed by atoms with Crippen molar-refractivity contribution in [3.8, 4) is 0 Å². The highest BCUT2D eigenvalue weighted by molar-refractivity contribution is 5.85. The number of aromatic carboxylic acids is 1. The van der Waals surface area contributed by atoms with Crippen molar-refractivity contribution >= 4 is 11.9 Å². The first kappa shape index (κ1) is 15.9. The number of carboxylic acid groups (broad SMARTS) is 1. The Hall–Kier alpha value is -2.51. The number of carbonyl (C=O) groups is 1. The lowest BCUT2D eigenvalue weighted by Crippen LogP contribution is -2.25. The van der Waals surface area contributed by atoms with Crippen LogP contribution in [0.4, 0.5) is 5.95 Å². The number of anilines is 1. The topological polar surface area (TPSA) is 105 Å². The first-order valence-corrected chi connectivity index (χ1v) is 7.07. The fraction of sp³-hybridized carbons (Fsp3) is 0.500. The standard InChI is InChI=1S/C14H19N5O3/c1-5-19(7-11-17-12(8(2)3)18-22-11)14-15-9(4)6-10(16-14)13(20)21/h6,8H,5,7H2,1-4H3,(H,20,21).